The minimum Gasteiger partial charge on any atom is -0.372 e. The van der Waals surface area contributed by atoms with Crippen molar-refractivity contribution in [3.8, 4) is 0 Å². The molecule has 0 amide bonds. The Hall–Kier alpha value is -0.540. The fourth-order valence-corrected chi connectivity index (χ4v) is 2.36. The highest BCUT2D eigenvalue weighted by Gasteiger charge is 2.14. The molecule has 17 heavy (non-hydrogen) atoms. The summed E-state index contributed by atoms with van der Waals surface area (Å²) in [6, 6.07) is 7.05. The number of nitrogens with two attached hydrogens (primary N) is 1. The van der Waals surface area contributed by atoms with Crippen molar-refractivity contribution in [2.45, 2.75) is 33.2 Å². The summed E-state index contributed by atoms with van der Waals surface area (Å²) >= 11 is 3.62. The van der Waals surface area contributed by atoms with Gasteiger partial charge in [0.25, 0.3) is 0 Å². The number of benzene rings is 1. The molecule has 2 N–H and O–H groups in total. The molecule has 0 radical (unpaired) electrons. The van der Waals surface area contributed by atoms with E-state index in [0.29, 0.717) is 18.5 Å². The van der Waals surface area contributed by atoms with Crippen molar-refractivity contribution in [3.05, 3.63) is 28.2 Å². The Bertz CT molecular complexity index is 363. The van der Waals surface area contributed by atoms with Crippen molar-refractivity contribution < 1.29 is 0 Å². The molecule has 1 atom stereocenters. The molecule has 0 spiro atoms. The molecule has 0 aliphatic heterocycles. The fourth-order valence-electron chi connectivity index (χ4n) is 1.80. The van der Waals surface area contributed by atoms with E-state index in [1.807, 2.05) is 0 Å². The number of hydrogen-bond donors (Lipinski definition) is 1. The smallest absolute Gasteiger partial charge is 0.0377 e. The number of rotatable bonds is 5. The van der Waals surface area contributed by atoms with Gasteiger partial charge in [0.2, 0.25) is 0 Å². The number of hydrogen-bond acceptors (Lipinski definition) is 2. The van der Waals surface area contributed by atoms with Crippen molar-refractivity contribution in [1.82, 2.24) is 0 Å². The molecular weight excluding hydrogens is 276 g/mol. The van der Waals surface area contributed by atoms with Crippen LogP contribution in [-0.4, -0.2) is 19.6 Å². The van der Waals surface area contributed by atoms with Gasteiger partial charge in [-0.3, -0.25) is 0 Å². The molecule has 1 aromatic carbocycles. The molecule has 0 fully saturated rings. The lowest BCUT2D eigenvalue weighted by Gasteiger charge is -2.30. The lowest BCUT2D eigenvalue weighted by molar-refractivity contribution is 0.505. The zero-order valence-electron chi connectivity index (χ0n) is 11.2. The average Bonchev–Trinajstić information content (AvgIpc) is 2.30. The predicted octanol–water partition coefficient (Wildman–Crippen LogP) is 3.43. The van der Waals surface area contributed by atoms with E-state index in [1.165, 1.54) is 11.3 Å². The molecule has 1 rings (SSSR count). The van der Waals surface area contributed by atoms with Gasteiger partial charge in [-0.2, -0.15) is 0 Å². The van der Waals surface area contributed by atoms with Gasteiger partial charge in [-0.1, -0.05) is 35.8 Å². The van der Waals surface area contributed by atoms with Crippen LogP contribution in [0.2, 0.25) is 0 Å². The molecule has 0 heterocycles. The predicted molar refractivity (Wildman–Crippen MR) is 79.6 cm³/mol. The highest BCUT2D eigenvalue weighted by Crippen LogP contribution is 2.26. The summed E-state index contributed by atoms with van der Waals surface area (Å²) < 4.78 is 1.16. The third kappa shape index (κ3) is 3.71. The van der Waals surface area contributed by atoms with Gasteiger partial charge in [0.05, 0.1) is 0 Å². The maximum absolute atomic E-state index is 5.58. The molecule has 0 aliphatic carbocycles. The third-order valence-electron chi connectivity index (χ3n) is 3.43. The van der Waals surface area contributed by atoms with Crippen LogP contribution in [0.4, 0.5) is 5.69 Å². The molecule has 3 heteroatoms. The molecule has 0 bridgehead atoms. The Morgan fingerprint density at radius 2 is 1.94 bits per heavy atom. The number of nitrogens with zero attached hydrogens (tertiary/aromatic N) is 1. The minimum absolute atomic E-state index is 0.530. The zero-order valence-corrected chi connectivity index (χ0v) is 12.8. The second-order valence-electron chi connectivity index (χ2n) is 4.91. The van der Waals surface area contributed by atoms with Gasteiger partial charge < -0.3 is 10.6 Å². The van der Waals surface area contributed by atoms with Gasteiger partial charge in [0.15, 0.2) is 0 Å². The standard InChI is InChI=1S/C14H23BrN2/c1-10(2)11(3)17(4)13-6-5-12(7-8-16)14(15)9-13/h5-6,9-11H,7-8,16H2,1-4H3. The zero-order chi connectivity index (χ0) is 13.0. The first kappa shape index (κ1) is 14.5. The van der Waals surface area contributed by atoms with Crippen LogP contribution in [0.15, 0.2) is 22.7 Å². The van der Waals surface area contributed by atoms with Gasteiger partial charge in [-0.05, 0) is 43.5 Å². The first-order valence-electron chi connectivity index (χ1n) is 6.18. The van der Waals surface area contributed by atoms with Gasteiger partial charge >= 0.3 is 0 Å². The summed E-state index contributed by atoms with van der Waals surface area (Å²) in [6.45, 7) is 7.44. The summed E-state index contributed by atoms with van der Waals surface area (Å²) in [5, 5.41) is 0. The summed E-state index contributed by atoms with van der Waals surface area (Å²) in [4.78, 5) is 2.32. The Kier molecular flexibility index (Phi) is 5.47. The van der Waals surface area contributed by atoms with E-state index in [-0.39, 0.29) is 0 Å². The van der Waals surface area contributed by atoms with Crippen LogP contribution in [-0.2, 0) is 6.42 Å². The minimum atomic E-state index is 0.530. The Balaban J connectivity index is 2.89. The van der Waals surface area contributed by atoms with E-state index >= 15 is 0 Å². The summed E-state index contributed by atoms with van der Waals surface area (Å²) in [6.07, 6.45) is 0.921. The molecule has 1 unspecified atom stereocenters. The largest absolute Gasteiger partial charge is 0.372 e. The van der Waals surface area contributed by atoms with Crippen LogP contribution >= 0.6 is 15.9 Å². The van der Waals surface area contributed by atoms with Gasteiger partial charge in [0, 0.05) is 23.2 Å². The Morgan fingerprint density at radius 1 is 1.29 bits per heavy atom. The molecule has 0 aliphatic rings. The van der Waals surface area contributed by atoms with E-state index < -0.39 is 0 Å². The monoisotopic (exact) mass is 298 g/mol. The molecule has 0 saturated carbocycles. The van der Waals surface area contributed by atoms with Crippen LogP contribution < -0.4 is 10.6 Å². The average molecular weight is 299 g/mol. The van der Waals surface area contributed by atoms with Gasteiger partial charge in [0.1, 0.15) is 0 Å². The topological polar surface area (TPSA) is 29.3 Å². The van der Waals surface area contributed by atoms with Crippen molar-refractivity contribution >= 4 is 21.6 Å². The van der Waals surface area contributed by atoms with Crippen molar-refractivity contribution in [2.24, 2.45) is 11.7 Å². The SMILES string of the molecule is CC(C)C(C)N(C)c1ccc(CCN)c(Br)c1. The fraction of sp³-hybridized carbons (Fsp3) is 0.571. The summed E-state index contributed by atoms with van der Waals surface area (Å²) in [5.74, 6) is 0.641. The van der Waals surface area contributed by atoms with Gasteiger partial charge in [-0.15, -0.1) is 0 Å². The summed E-state index contributed by atoms with van der Waals surface area (Å²) in [5.41, 5.74) is 8.11. The molecular formula is C14H23BrN2. The molecule has 96 valence electrons. The molecule has 2 nitrogen and oxygen atoms in total. The first-order chi connectivity index (χ1) is 7.97. The van der Waals surface area contributed by atoms with Crippen LogP contribution in [0.3, 0.4) is 0 Å². The van der Waals surface area contributed by atoms with E-state index in [0.717, 1.165) is 10.9 Å². The number of halogens is 1. The normalized spacial score (nSPS) is 12.9. The maximum atomic E-state index is 5.58. The maximum Gasteiger partial charge on any atom is 0.0377 e. The summed E-state index contributed by atoms with van der Waals surface area (Å²) in [7, 11) is 2.15. The van der Waals surface area contributed by atoms with E-state index in [1.54, 1.807) is 0 Å². The third-order valence-corrected chi connectivity index (χ3v) is 4.17. The second kappa shape index (κ2) is 6.41. The quantitative estimate of drug-likeness (QED) is 0.902. The van der Waals surface area contributed by atoms with Gasteiger partial charge in [-0.25, -0.2) is 0 Å². The first-order valence-corrected chi connectivity index (χ1v) is 6.98. The lowest BCUT2D eigenvalue weighted by atomic mass is 10.0. The molecule has 0 saturated heterocycles. The van der Waals surface area contributed by atoms with Crippen LogP contribution in [0, 0.1) is 5.92 Å². The van der Waals surface area contributed by atoms with E-state index in [2.05, 4.69) is 66.8 Å². The second-order valence-corrected chi connectivity index (χ2v) is 5.76. The van der Waals surface area contributed by atoms with E-state index in [9.17, 15) is 0 Å². The molecule has 0 aromatic heterocycles. The highest BCUT2D eigenvalue weighted by atomic mass is 79.9. The van der Waals surface area contributed by atoms with Crippen LogP contribution in [0.25, 0.3) is 0 Å². The Labute approximate surface area is 113 Å². The highest BCUT2D eigenvalue weighted by molar-refractivity contribution is 9.10. The number of anilines is 1. The Morgan fingerprint density at radius 3 is 2.41 bits per heavy atom. The lowest BCUT2D eigenvalue weighted by Crippen LogP contribution is -2.33. The van der Waals surface area contributed by atoms with Crippen LogP contribution in [0.5, 0.6) is 0 Å². The van der Waals surface area contributed by atoms with Crippen molar-refractivity contribution in [2.75, 3.05) is 18.5 Å². The van der Waals surface area contributed by atoms with Crippen molar-refractivity contribution in [1.29, 1.82) is 0 Å². The van der Waals surface area contributed by atoms with Crippen molar-refractivity contribution in [3.63, 3.8) is 0 Å². The van der Waals surface area contributed by atoms with Crippen LogP contribution in [0.1, 0.15) is 26.3 Å². The van der Waals surface area contributed by atoms with E-state index in [4.69, 9.17) is 5.73 Å². The molecule has 1 aromatic rings.